The standard InChI is InChI=1S/C10H7BrFN3O2/c11-8-6-14(13-10(8)15(16)17)5-7-3-1-2-4-9(7)12/h1-4,6H,5H2. The fourth-order valence-corrected chi connectivity index (χ4v) is 1.85. The zero-order valence-electron chi connectivity index (χ0n) is 8.51. The number of nitro groups is 1. The maximum atomic E-state index is 13.4. The van der Waals surface area contributed by atoms with E-state index in [0.717, 1.165) is 0 Å². The molecule has 5 nitrogen and oxygen atoms in total. The van der Waals surface area contributed by atoms with E-state index in [2.05, 4.69) is 21.0 Å². The Hall–Kier alpha value is -1.76. The molecule has 2 rings (SSSR count). The second-order valence-corrected chi connectivity index (χ2v) is 4.20. The SMILES string of the molecule is O=[N+]([O-])c1nn(Cc2ccccc2F)cc1Br. The summed E-state index contributed by atoms with van der Waals surface area (Å²) >= 11 is 3.03. The Morgan fingerprint density at radius 1 is 1.47 bits per heavy atom. The molecular weight excluding hydrogens is 293 g/mol. The van der Waals surface area contributed by atoms with E-state index in [4.69, 9.17) is 0 Å². The van der Waals surface area contributed by atoms with Crippen LogP contribution in [0.2, 0.25) is 0 Å². The first-order valence-electron chi connectivity index (χ1n) is 4.68. The van der Waals surface area contributed by atoms with Gasteiger partial charge in [-0.3, -0.25) is 0 Å². The van der Waals surface area contributed by atoms with Crippen molar-refractivity contribution in [1.29, 1.82) is 0 Å². The number of rotatable bonds is 3. The summed E-state index contributed by atoms with van der Waals surface area (Å²) in [6.45, 7) is 0.152. The van der Waals surface area contributed by atoms with Gasteiger partial charge in [0.15, 0.2) is 0 Å². The van der Waals surface area contributed by atoms with Gasteiger partial charge in [-0.1, -0.05) is 18.2 Å². The third-order valence-electron chi connectivity index (χ3n) is 2.16. The van der Waals surface area contributed by atoms with Crippen molar-refractivity contribution < 1.29 is 9.31 Å². The zero-order valence-corrected chi connectivity index (χ0v) is 10.1. The summed E-state index contributed by atoms with van der Waals surface area (Å²) in [5, 5.41) is 14.3. The van der Waals surface area contributed by atoms with Gasteiger partial charge in [-0.25, -0.2) is 4.39 Å². The van der Waals surface area contributed by atoms with Gasteiger partial charge in [0, 0.05) is 5.56 Å². The molecule has 0 saturated carbocycles. The lowest BCUT2D eigenvalue weighted by Gasteiger charge is -1.99. The van der Waals surface area contributed by atoms with Crippen molar-refractivity contribution in [3.05, 3.63) is 56.4 Å². The molecule has 0 saturated heterocycles. The van der Waals surface area contributed by atoms with Gasteiger partial charge in [0.25, 0.3) is 0 Å². The van der Waals surface area contributed by atoms with Crippen LogP contribution < -0.4 is 0 Å². The second-order valence-electron chi connectivity index (χ2n) is 3.35. The van der Waals surface area contributed by atoms with Crippen LogP contribution in [0, 0.1) is 15.9 Å². The van der Waals surface area contributed by atoms with Crippen molar-refractivity contribution in [1.82, 2.24) is 9.78 Å². The predicted molar refractivity (Wildman–Crippen MR) is 62.1 cm³/mol. The minimum atomic E-state index is -0.595. The highest BCUT2D eigenvalue weighted by atomic mass is 79.9. The molecule has 0 N–H and O–H groups in total. The van der Waals surface area contributed by atoms with Crippen LogP contribution in [-0.2, 0) is 6.54 Å². The van der Waals surface area contributed by atoms with E-state index in [1.165, 1.54) is 16.9 Å². The molecule has 0 aliphatic carbocycles. The quantitative estimate of drug-likeness (QED) is 0.647. The molecular formula is C10H7BrFN3O2. The van der Waals surface area contributed by atoms with Crippen LogP contribution in [0.3, 0.4) is 0 Å². The highest BCUT2D eigenvalue weighted by Gasteiger charge is 2.18. The number of halogens is 2. The number of hydrogen-bond donors (Lipinski definition) is 0. The number of aromatic nitrogens is 2. The Morgan fingerprint density at radius 2 is 2.18 bits per heavy atom. The molecule has 1 heterocycles. The minimum absolute atomic E-state index is 0.152. The molecule has 1 aromatic heterocycles. The third-order valence-corrected chi connectivity index (χ3v) is 2.72. The average Bonchev–Trinajstić information content (AvgIpc) is 2.63. The van der Waals surface area contributed by atoms with Crippen molar-refractivity contribution in [3.8, 4) is 0 Å². The van der Waals surface area contributed by atoms with E-state index in [-0.39, 0.29) is 22.7 Å². The highest BCUT2D eigenvalue weighted by Crippen LogP contribution is 2.22. The van der Waals surface area contributed by atoms with Gasteiger partial charge in [-0.15, -0.1) is 0 Å². The molecule has 0 amide bonds. The topological polar surface area (TPSA) is 61.0 Å². The lowest BCUT2D eigenvalue weighted by Crippen LogP contribution is -2.03. The molecule has 0 radical (unpaired) electrons. The fraction of sp³-hybridized carbons (Fsp3) is 0.100. The molecule has 2 aromatic rings. The normalized spacial score (nSPS) is 10.5. The molecule has 0 spiro atoms. The number of nitrogens with zero attached hydrogens (tertiary/aromatic N) is 3. The second kappa shape index (κ2) is 4.62. The van der Waals surface area contributed by atoms with Crippen molar-refractivity contribution in [2.75, 3.05) is 0 Å². The summed E-state index contributed by atoms with van der Waals surface area (Å²) in [7, 11) is 0. The van der Waals surface area contributed by atoms with E-state index < -0.39 is 4.92 Å². The summed E-state index contributed by atoms with van der Waals surface area (Å²) in [6.07, 6.45) is 1.45. The van der Waals surface area contributed by atoms with Crippen molar-refractivity contribution in [3.63, 3.8) is 0 Å². The Labute approximate surface area is 104 Å². The van der Waals surface area contributed by atoms with Gasteiger partial charge in [-0.2, -0.15) is 4.68 Å². The Morgan fingerprint density at radius 3 is 2.76 bits per heavy atom. The first-order valence-corrected chi connectivity index (χ1v) is 5.48. The minimum Gasteiger partial charge on any atom is -0.358 e. The molecule has 0 aliphatic heterocycles. The van der Waals surface area contributed by atoms with E-state index in [1.807, 2.05) is 0 Å². The molecule has 88 valence electrons. The van der Waals surface area contributed by atoms with Crippen LogP contribution in [-0.4, -0.2) is 14.7 Å². The predicted octanol–water partition coefficient (Wildman–Crippen LogP) is 2.74. The van der Waals surface area contributed by atoms with Crippen molar-refractivity contribution >= 4 is 21.7 Å². The first-order chi connectivity index (χ1) is 8.08. The van der Waals surface area contributed by atoms with Crippen LogP contribution in [0.1, 0.15) is 5.56 Å². The summed E-state index contributed by atoms with van der Waals surface area (Å²) in [6, 6.07) is 6.23. The molecule has 0 aliphatic rings. The number of benzene rings is 1. The van der Waals surface area contributed by atoms with Crippen LogP contribution in [0.4, 0.5) is 10.2 Å². The largest absolute Gasteiger partial charge is 0.404 e. The smallest absolute Gasteiger partial charge is 0.358 e. The van der Waals surface area contributed by atoms with E-state index in [9.17, 15) is 14.5 Å². The monoisotopic (exact) mass is 299 g/mol. The van der Waals surface area contributed by atoms with Crippen LogP contribution >= 0.6 is 15.9 Å². The lowest BCUT2D eigenvalue weighted by molar-refractivity contribution is -0.390. The number of hydrogen-bond acceptors (Lipinski definition) is 3. The maximum absolute atomic E-state index is 13.4. The molecule has 0 bridgehead atoms. The third kappa shape index (κ3) is 2.50. The van der Waals surface area contributed by atoms with Crippen molar-refractivity contribution in [2.24, 2.45) is 0 Å². The molecule has 1 aromatic carbocycles. The Bertz CT molecular complexity index is 570. The zero-order chi connectivity index (χ0) is 12.4. The maximum Gasteiger partial charge on any atom is 0.404 e. The summed E-state index contributed by atoms with van der Waals surface area (Å²) in [5.74, 6) is -0.636. The van der Waals surface area contributed by atoms with Crippen LogP contribution in [0.25, 0.3) is 0 Å². The highest BCUT2D eigenvalue weighted by molar-refractivity contribution is 9.10. The molecule has 0 fully saturated rings. The summed E-state index contributed by atoms with van der Waals surface area (Å²) in [5.41, 5.74) is 0.428. The molecule has 17 heavy (non-hydrogen) atoms. The first kappa shape index (κ1) is 11.7. The Kier molecular flexibility index (Phi) is 3.19. The van der Waals surface area contributed by atoms with Gasteiger partial charge in [0.1, 0.15) is 10.3 Å². The summed E-state index contributed by atoms with van der Waals surface area (Å²) < 4.78 is 15.0. The molecule has 0 unspecified atom stereocenters. The van der Waals surface area contributed by atoms with Crippen molar-refractivity contribution in [2.45, 2.75) is 6.54 Å². The van der Waals surface area contributed by atoms with E-state index in [0.29, 0.717) is 5.56 Å². The fourth-order valence-electron chi connectivity index (χ4n) is 1.39. The van der Waals surface area contributed by atoms with E-state index in [1.54, 1.807) is 18.2 Å². The average molecular weight is 300 g/mol. The molecule has 7 heteroatoms. The van der Waals surface area contributed by atoms with Crippen LogP contribution in [0.5, 0.6) is 0 Å². The summed E-state index contributed by atoms with van der Waals surface area (Å²) in [4.78, 5) is 9.98. The van der Waals surface area contributed by atoms with Gasteiger partial charge in [-0.05, 0) is 26.9 Å². The van der Waals surface area contributed by atoms with E-state index >= 15 is 0 Å². The Balaban J connectivity index is 2.28. The van der Waals surface area contributed by atoms with Gasteiger partial charge < -0.3 is 10.1 Å². The van der Waals surface area contributed by atoms with Gasteiger partial charge in [0.05, 0.1) is 17.8 Å². The molecule has 0 atom stereocenters. The van der Waals surface area contributed by atoms with Crippen LogP contribution in [0.15, 0.2) is 34.9 Å². The lowest BCUT2D eigenvalue weighted by atomic mass is 10.2. The van der Waals surface area contributed by atoms with Gasteiger partial charge >= 0.3 is 5.82 Å². The van der Waals surface area contributed by atoms with Gasteiger partial charge in [0.2, 0.25) is 0 Å².